The van der Waals surface area contributed by atoms with E-state index in [0.29, 0.717) is 12.5 Å². The second-order valence-corrected chi connectivity index (χ2v) is 6.45. The van der Waals surface area contributed by atoms with E-state index in [2.05, 4.69) is 53.7 Å². The number of hydrogen-bond donors (Lipinski definition) is 2. The maximum absolute atomic E-state index is 4.62. The van der Waals surface area contributed by atoms with Gasteiger partial charge in [-0.25, -0.2) is 9.98 Å². The molecular weight excluding hydrogens is 280 g/mol. The molecular formula is C16H30N4S. The lowest BCUT2D eigenvalue weighted by Crippen LogP contribution is -2.37. The number of unbranched alkanes of at least 4 members (excludes halogenated alkanes) is 3. The van der Waals surface area contributed by atoms with Crippen LogP contribution in [0.2, 0.25) is 0 Å². The second kappa shape index (κ2) is 10.6. The lowest BCUT2D eigenvalue weighted by atomic mass is 10.2. The van der Waals surface area contributed by atoms with Gasteiger partial charge in [0.05, 0.1) is 12.2 Å². The van der Waals surface area contributed by atoms with Crippen molar-refractivity contribution in [3.05, 3.63) is 16.1 Å². The van der Waals surface area contributed by atoms with Gasteiger partial charge < -0.3 is 10.6 Å². The van der Waals surface area contributed by atoms with Crippen LogP contribution in [0, 0.1) is 0 Å². The Morgan fingerprint density at radius 1 is 1.24 bits per heavy atom. The van der Waals surface area contributed by atoms with Gasteiger partial charge in [-0.05, 0) is 19.3 Å². The van der Waals surface area contributed by atoms with Crippen LogP contribution in [0.4, 0.5) is 0 Å². The largest absolute Gasteiger partial charge is 0.357 e. The molecule has 0 saturated heterocycles. The molecule has 0 bridgehead atoms. The van der Waals surface area contributed by atoms with Gasteiger partial charge in [-0.15, -0.1) is 11.3 Å². The number of hydrogen-bond acceptors (Lipinski definition) is 3. The number of nitrogens with zero attached hydrogens (tertiary/aromatic N) is 2. The highest BCUT2D eigenvalue weighted by atomic mass is 32.1. The SMILES string of the molecule is CCCCCCNC(=NCc1nc(C(C)C)cs1)NCC. The maximum Gasteiger partial charge on any atom is 0.191 e. The van der Waals surface area contributed by atoms with Crippen molar-refractivity contribution in [2.75, 3.05) is 13.1 Å². The Balaban J connectivity index is 2.42. The number of aromatic nitrogens is 1. The van der Waals surface area contributed by atoms with Crippen LogP contribution >= 0.6 is 11.3 Å². The first-order chi connectivity index (χ1) is 10.2. The Morgan fingerprint density at radius 2 is 2.05 bits per heavy atom. The molecule has 0 radical (unpaired) electrons. The molecule has 1 aromatic rings. The third kappa shape index (κ3) is 7.46. The minimum absolute atomic E-state index is 0.490. The Labute approximate surface area is 133 Å². The summed E-state index contributed by atoms with van der Waals surface area (Å²) in [6, 6.07) is 0. The van der Waals surface area contributed by atoms with Crippen LogP contribution in [0.1, 0.15) is 70.0 Å². The van der Waals surface area contributed by atoms with Crippen molar-refractivity contribution in [1.29, 1.82) is 0 Å². The average molecular weight is 311 g/mol. The molecule has 0 spiro atoms. The maximum atomic E-state index is 4.62. The van der Waals surface area contributed by atoms with Gasteiger partial charge in [0.2, 0.25) is 0 Å². The lowest BCUT2D eigenvalue weighted by molar-refractivity contribution is 0.647. The van der Waals surface area contributed by atoms with Crippen LogP contribution in [0.3, 0.4) is 0 Å². The Bertz CT molecular complexity index is 412. The summed E-state index contributed by atoms with van der Waals surface area (Å²) >= 11 is 1.70. The fourth-order valence-corrected chi connectivity index (χ4v) is 2.79. The summed E-state index contributed by atoms with van der Waals surface area (Å²) in [6.07, 6.45) is 5.07. The van der Waals surface area contributed by atoms with E-state index in [1.54, 1.807) is 11.3 Å². The predicted octanol–water partition coefficient (Wildman–Crippen LogP) is 3.90. The van der Waals surface area contributed by atoms with Crippen LogP contribution in [-0.2, 0) is 6.54 Å². The third-order valence-corrected chi connectivity index (χ3v) is 4.05. The summed E-state index contributed by atoms with van der Waals surface area (Å²) in [6.45, 7) is 11.2. The molecule has 0 amide bonds. The molecule has 0 aromatic carbocycles. The van der Waals surface area contributed by atoms with Crippen molar-refractivity contribution >= 4 is 17.3 Å². The minimum atomic E-state index is 0.490. The molecule has 0 atom stereocenters. The van der Waals surface area contributed by atoms with Gasteiger partial charge in [0, 0.05) is 18.5 Å². The molecule has 0 aliphatic carbocycles. The Hall–Kier alpha value is -1.10. The summed E-state index contributed by atoms with van der Waals surface area (Å²) in [7, 11) is 0. The summed E-state index contributed by atoms with van der Waals surface area (Å²) in [5.74, 6) is 1.39. The molecule has 1 rings (SSSR count). The summed E-state index contributed by atoms with van der Waals surface area (Å²) in [5, 5.41) is 9.91. The zero-order valence-corrected chi connectivity index (χ0v) is 14.7. The first-order valence-corrected chi connectivity index (χ1v) is 9.01. The first kappa shape index (κ1) is 18.0. The van der Waals surface area contributed by atoms with Crippen molar-refractivity contribution in [2.24, 2.45) is 4.99 Å². The molecule has 1 heterocycles. The standard InChI is InChI=1S/C16H30N4S/c1-5-7-8-9-10-18-16(17-6-2)19-11-15-20-14(12-21-15)13(3)4/h12-13H,5-11H2,1-4H3,(H2,17,18,19). The van der Waals surface area contributed by atoms with Crippen molar-refractivity contribution in [3.8, 4) is 0 Å². The van der Waals surface area contributed by atoms with Gasteiger partial charge >= 0.3 is 0 Å². The molecule has 2 N–H and O–H groups in total. The first-order valence-electron chi connectivity index (χ1n) is 8.13. The van der Waals surface area contributed by atoms with Crippen LogP contribution in [0.5, 0.6) is 0 Å². The lowest BCUT2D eigenvalue weighted by Gasteiger charge is -2.10. The van der Waals surface area contributed by atoms with E-state index in [-0.39, 0.29) is 0 Å². The number of nitrogens with one attached hydrogen (secondary N) is 2. The fraction of sp³-hybridized carbons (Fsp3) is 0.750. The highest BCUT2D eigenvalue weighted by Gasteiger charge is 2.05. The van der Waals surface area contributed by atoms with Crippen molar-refractivity contribution in [2.45, 2.75) is 65.8 Å². The van der Waals surface area contributed by atoms with Crippen molar-refractivity contribution in [3.63, 3.8) is 0 Å². The zero-order valence-electron chi connectivity index (χ0n) is 13.9. The van der Waals surface area contributed by atoms with Crippen LogP contribution < -0.4 is 10.6 Å². The second-order valence-electron chi connectivity index (χ2n) is 5.50. The molecule has 5 heteroatoms. The van der Waals surface area contributed by atoms with E-state index in [9.17, 15) is 0 Å². The molecule has 0 saturated carbocycles. The van der Waals surface area contributed by atoms with Crippen molar-refractivity contribution < 1.29 is 0 Å². The van der Waals surface area contributed by atoms with E-state index in [1.807, 2.05) is 0 Å². The molecule has 1 aromatic heterocycles. The number of rotatable bonds is 9. The highest BCUT2D eigenvalue weighted by Crippen LogP contribution is 2.18. The topological polar surface area (TPSA) is 49.3 Å². The van der Waals surface area contributed by atoms with E-state index < -0.39 is 0 Å². The van der Waals surface area contributed by atoms with Gasteiger partial charge in [-0.1, -0.05) is 40.0 Å². The van der Waals surface area contributed by atoms with Crippen LogP contribution in [0.25, 0.3) is 0 Å². The third-order valence-electron chi connectivity index (χ3n) is 3.20. The van der Waals surface area contributed by atoms with Gasteiger partial charge in [0.25, 0.3) is 0 Å². The van der Waals surface area contributed by atoms with E-state index in [1.165, 1.54) is 31.4 Å². The van der Waals surface area contributed by atoms with E-state index in [0.717, 1.165) is 24.1 Å². The number of guanidine groups is 1. The molecule has 120 valence electrons. The van der Waals surface area contributed by atoms with Gasteiger partial charge in [-0.3, -0.25) is 0 Å². The van der Waals surface area contributed by atoms with Crippen LogP contribution in [-0.4, -0.2) is 24.0 Å². The Morgan fingerprint density at radius 3 is 2.67 bits per heavy atom. The molecule has 0 fully saturated rings. The van der Waals surface area contributed by atoms with E-state index in [4.69, 9.17) is 0 Å². The smallest absolute Gasteiger partial charge is 0.191 e. The van der Waals surface area contributed by atoms with E-state index >= 15 is 0 Å². The molecule has 0 unspecified atom stereocenters. The van der Waals surface area contributed by atoms with Crippen LogP contribution in [0.15, 0.2) is 10.4 Å². The van der Waals surface area contributed by atoms with Crippen molar-refractivity contribution in [1.82, 2.24) is 15.6 Å². The molecule has 0 aliphatic heterocycles. The molecule has 21 heavy (non-hydrogen) atoms. The average Bonchev–Trinajstić information content (AvgIpc) is 2.93. The number of aliphatic imine (C=N–C) groups is 1. The summed E-state index contributed by atoms with van der Waals surface area (Å²) < 4.78 is 0. The predicted molar refractivity (Wildman–Crippen MR) is 93.2 cm³/mol. The van der Waals surface area contributed by atoms with Gasteiger partial charge in [-0.2, -0.15) is 0 Å². The fourth-order valence-electron chi connectivity index (χ4n) is 1.91. The van der Waals surface area contributed by atoms with Gasteiger partial charge in [0.1, 0.15) is 5.01 Å². The quantitative estimate of drug-likeness (QED) is 0.413. The number of thiazole rings is 1. The Kier molecular flexibility index (Phi) is 9.06. The molecule has 0 aliphatic rings. The normalized spacial score (nSPS) is 12.0. The monoisotopic (exact) mass is 310 g/mol. The summed E-state index contributed by atoms with van der Waals surface area (Å²) in [4.78, 5) is 9.24. The molecule has 4 nitrogen and oxygen atoms in total. The zero-order chi connectivity index (χ0) is 15.5. The van der Waals surface area contributed by atoms with Gasteiger partial charge in [0.15, 0.2) is 5.96 Å². The minimum Gasteiger partial charge on any atom is -0.357 e. The highest BCUT2D eigenvalue weighted by molar-refractivity contribution is 7.09. The summed E-state index contributed by atoms with van der Waals surface area (Å²) in [5.41, 5.74) is 1.17.